The molecule has 1 N–H and O–H groups in total. The van der Waals surface area contributed by atoms with Crippen molar-refractivity contribution in [3.8, 4) is 0 Å². The molecule has 2 heterocycles. The summed E-state index contributed by atoms with van der Waals surface area (Å²) in [6.45, 7) is 8.72. The minimum atomic E-state index is -0.989. The number of amides is 4. The minimum Gasteiger partial charge on any atom is -0.444 e. The summed E-state index contributed by atoms with van der Waals surface area (Å²) in [4.78, 5) is 59.7. The number of alkyl carbamates (subject to hydrolysis) is 1. The van der Waals surface area contributed by atoms with E-state index in [1.54, 1.807) is 51.6 Å². The first-order valence-electron chi connectivity index (χ1n) is 10.8. The maximum atomic E-state index is 13.3. The van der Waals surface area contributed by atoms with Crippen molar-refractivity contribution in [1.82, 2.24) is 20.0 Å². The van der Waals surface area contributed by atoms with Crippen LogP contribution in [0, 0.1) is 0 Å². The van der Waals surface area contributed by atoms with Crippen molar-refractivity contribution in [1.29, 1.82) is 0 Å². The number of carbonyl (C=O) groups is 4. The maximum Gasteiger partial charge on any atom is 0.408 e. The standard InChI is InChI=1S/C21H35N5O6/c1-14(24(5)6)22-17(27)13-16(19(29)25-9-11-31-12-10-25)26-8-7-15(18(26)28)23-20(30)32-21(2,3)4/h15-16H,7-13H2,1-6H3,(H,23,30)/t15-,16-/m0/s1. The van der Waals surface area contributed by atoms with Crippen molar-refractivity contribution in [2.75, 3.05) is 46.9 Å². The van der Waals surface area contributed by atoms with Crippen LogP contribution in [-0.4, -0.2) is 109 Å². The smallest absolute Gasteiger partial charge is 0.408 e. The lowest BCUT2D eigenvalue weighted by Crippen LogP contribution is -2.54. The van der Waals surface area contributed by atoms with Gasteiger partial charge in [0.2, 0.25) is 17.7 Å². The van der Waals surface area contributed by atoms with Gasteiger partial charge in [0.05, 0.1) is 19.6 Å². The van der Waals surface area contributed by atoms with Gasteiger partial charge in [-0.1, -0.05) is 0 Å². The second kappa shape index (κ2) is 10.8. The third kappa shape index (κ3) is 7.18. The minimum absolute atomic E-state index is 0.230. The molecule has 0 aromatic carbocycles. The second-order valence-corrected chi connectivity index (χ2v) is 9.12. The van der Waals surface area contributed by atoms with Crippen LogP contribution in [0.4, 0.5) is 4.79 Å². The van der Waals surface area contributed by atoms with Crippen LogP contribution in [0.1, 0.15) is 40.5 Å². The van der Waals surface area contributed by atoms with Gasteiger partial charge in [-0.3, -0.25) is 14.4 Å². The Labute approximate surface area is 189 Å². The van der Waals surface area contributed by atoms with Crippen LogP contribution in [-0.2, 0) is 23.9 Å². The van der Waals surface area contributed by atoms with Gasteiger partial charge in [-0.05, 0) is 34.1 Å². The molecule has 2 rings (SSSR count). The Morgan fingerprint density at radius 2 is 1.84 bits per heavy atom. The van der Waals surface area contributed by atoms with Crippen molar-refractivity contribution in [3.05, 3.63) is 0 Å². The van der Waals surface area contributed by atoms with Gasteiger partial charge in [0, 0.05) is 33.7 Å². The average molecular weight is 454 g/mol. The van der Waals surface area contributed by atoms with Crippen molar-refractivity contribution >= 4 is 29.7 Å². The summed E-state index contributed by atoms with van der Waals surface area (Å²) in [6, 6.07) is -1.80. The number of carbonyl (C=O) groups excluding carboxylic acids is 4. The summed E-state index contributed by atoms with van der Waals surface area (Å²) in [7, 11) is 3.53. The number of morpholine rings is 1. The SMILES string of the molecule is CC(=NC(=O)C[C@@H](C(=O)N1CCOCC1)N1CC[C@H](NC(=O)OC(C)(C)C)C1=O)N(C)C. The molecule has 0 unspecified atom stereocenters. The Balaban J connectivity index is 2.16. The van der Waals surface area contributed by atoms with Crippen molar-refractivity contribution in [2.45, 2.75) is 58.2 Å². The number of rotatable bonds is 5. The molecule has 0 aliphatic carbocycles. The summed E-state index contributed by atoms with van der Waals surface area (Å²) >= 11 is 0. The molecule has 2 fully saturated rings. The Bertz CT molecular complexity index is 754. The molecule has 2 aliphatic rings. The molecule has 2 aliphatic heterocycles. The van der Waals surface area contributed by atoms with Crippen molar-refractivity contribution in [3.63, 3.8) is 0 Å². The van der Waals surface area contributed by atoms with E-state index in [0.717, 1.165) is 0 Å². The third-order valence-corrected chi connectivity index (χ3v) is 5.22. The molecule has 32 heavy (non-hydrogen) atoms. The quantitative estimate of drug-likeness (QED) is 0.467. The van der Waals surface area contributed by atoms with E-state index in [1.165, 1.54) is 4.90 Å². The lowest BCUT2D eigenvalue weighted by Gasteiger charge is -2.34. The monoisotopic (exact) mass is 453 g/mol. The van der Waals surface area contributed by atoms with Crippen LogP contribution >= 0.6 is 0 Å². The number of ether oxygens (including phenoxy) is 2. The zero-order valence-corrected chi connectivity index (χ0v) is 19.8. The van der Waals surface area contributed by atoms with Gasteiger partial charge >= 0.3 is 6.09 Å². The molecule has 11 nitrogen and oxygen atoms in total. The highest BCUT2D eigenvalue weighted by Crippen LogP contribution is 2.20. The number of aliphatic imine (C=N–C) groups is 1. The van der Waals surface area contributed by atoms with Gasteiger partial charge in [-0.15, -0.1) is 0 Å². The first kappa shape index (κ1) is 25.6. The summed E-state index contributed by atoms with van der Waals surface area (Å²) in [5, 5.41) is 2.57. The Morgan fingerprint density at radius 1 is 1.22 bits per heavy atom. The summed E-state index contributed by atoms with van der Waals surface area (Å²) < 4.78 is 10.5. The Hall–Kier alpha value is -2.69. The van der Waals surface area contributed by atoms with E-state index in [4.69, 9.17) is 9.47 Å². The molecule has 0 saturated carbocycles. The van der Waals surface area contributed by atoms with Gasteiger partial charge in [0.1, 0.15) is 23.5 Å². The van der Waals surface area contributed by atoms with E-state index in [-0.39, 0.29) is 18.9 Å². The first-order chi connectivity index (χ1) is 14.9. The lowest BCUT2D eigenvalue weighted by molar-refractivity contribution is -0.148. The largest absolute Gasteiger partial charge is 0.444 e. The third-order valence-electron chi connectivity index (χ3n) is 5.22. The van der Waals surface area contributed by atoms with Crippen LogP contribution in [0.2, 0.25) is 0 Å². The molecule has 0 spiro atoms. The topological polar surface area (TPSA) is 121 Å². The van der Waals surface area contributed by atoms with E-state index in [2.05, 4.69) is 10.3 Å². The Kier molecular flexibility index (Phi) is 8.59. The van der Waals surface area contributed by atoms with Crippen LogP contribution < -0.4 is 5.32 Å². The zero-order chi connectivity index (χ0) is 24.1. The molecular formula is C21H35N5O6. The highest BCUT2D eigenvalue weighted by molar-refractivity contribution is 5.98. The van der Waals surface area contributed by atoms with Gasteiger partial charge in [0.25, 0.3) is 0 Å². The predicted octanol–water partition coefficient (Wildman–Crippen LogP) is 0.236. The molecule has 0 bridgehead atoms. The van der Waals surface area contributed by atoms with Gasteiger partial charge in [-0.25, -0.2) is 9.79 Å². The van der Waals surface area contributed by atoms with Crippen LogP contribution in [0.3, 0.4) is 0 Å². The first-order valence-corrected chi connectivity index (χ1v) is 10.8. The molecule has 180 valence electrons. The maximum absolute atomic E-state index is 13.3. The van der Waals surface area contributed by atoms with E-state index in [0.29, 0.717) is 38.6 Å². The fraction of sp³-hybridized carbons (Fsp3) is 0.762. The number of hydrogen-bond donors (Lipinski definition) is 1. The average Bonchev–Trinajstić information content (AvgIpc) is 3.04. The summed E-state index contributed by atoms with van der Waals surface area (Å²) in [6.07, 6.45) is -0.609. The predicted molar refractivity (Wildman–Crippen MR) is 117 cm³/mol. The van der Waals surface area contributed by atoms with Gasteiger partial charge in [-0.2, -0.15) is 0 Å². The Morgan fingerprint density at radius 3 is 2.41 bits per heavy atom. The number of likely N-dealkylation sites (tertiary alicyclic amines) is 1. The van der Waals surface area contributed by atoms with Gasteiger partial charge < -0.3 is 29.5 Å². The summed E-state index contributed by atoms with van der Waals surface area (Å²) in [5.74, 6) is -0.710. The molecule has 4 amide bonds. The lowest BCUT2D eigenvalue weighted by atomic mass is 10.1. The highest BCUT2D eigenvalue weighted by atomic mass is 16.6. The molecule has 0 aromatic rings. The molecule has 2 saturated heterocycles. The fourth-order valence-corrected chi connectivity index (χ4v) is 3.41. The molecule has 2 atom stereocenters. The van der Waals surface area contributed by atoms with Crippen LogP contribution in [0.15, 0.2) is 4.99 Å². The van der Waals surface area contributed by atoms with Crippen LogP contribution in [0.25, 0.3) is 0 Å². The zero-order valence-electron chi connectivity index (χ0n) is 19.8. The number of nitrogens with zero attached hydrogens (tertiary/aromatic N) is 4. The molecular weight excluding hydrogens is 418 g/mol. The van der Waals surface area contributed by atoms with E-state index in [9.17, 15) is 19.2 Å². The summed E-state index contributed by atoms with van der Waals surface area (Å²) in [5.41, 5.74) is -0.699. The molecule has 0 radical (unpaired) electrons. The fourth-order valence-electron chi connectivity index (χ4n) is 3.41. The van der Waals surface area contributed by atoms with E-state index in [1.807, 2.05) is 0 Å². The van der Waals surface area contributed by atoms with Crippen LogP contribution in [0.5, 0.6) is 0 Å². The number of amidine groups is 1. The van der Waals surface area contributed by atoms with Crippen molar-refractivity contribution < 1.29 is 28.7 Å². The van der Waals surface area contributed by atoms with Crippen molar-refractivity contribution in [2.24, 2.45) is 4.99 Å². The van der Waals surface area contributed by atoms with Gasteiger partial charge in [0.15, 0.2) is 0 Å². The highest BCUT2D eigenvalue weighted by Gasteiger charge is 2.42. The van der Waals surface area contributed by atoms with E-state index < -0.39 is 35.6 Å². The molecule has 0 aromatic heterocycles. The van der Waals surface area contributed by atoms with E-state index >= 15 is 0 Å². The number of nitrogens with one attached hydrogen (secondary N) is 1. The second-order valence-electron chi connectivity index (χ2n) is 9.12. The normalized spacial score (nSPS) is 20.8. The molecule has 11 heteroatoms. The number of hydrogen-bond acceptors (Lipinski definition) is 6.